The van der Waals surface area contributed by atoms with Crippen LogP contribution in [0, 0.1) is 0 Å². The van der Waals surface area contributed by atoms with Crippen molar-refractivity contribution in [2.75, 3.05) is 20.6 Å². The predicted octanol–water partition coefficient (Wildman–Crippen LogP) is 1.53. The average molecular weight is 279 g/mol. The minimum Gasteiger partial charge on any atom is -0.347 e. The summed E-state index contributed by atoms with van der Waals surface area (Å²) in [6, 6.07) is 0. The molecule has 0 radical (unpaired) electrons. The second-order valence-electron chi connectivity index (χ2n) is 6.21. The van der Waals surface area contributed by atoms with Gasteiger partial charge in [0.1, 0.15) is 5.82 Å². The van der Waals surface area contributed by atoms with E-state index in [-0.39, 0.29) is 23.2 Å². The maximum Gasteiger partial charge on any atom is 0.291 e. The summed E-state index contributed by atoms with van der Waals surface area (Å²) >= 11 is 0. The summed E-state index contributed by atoms with van der Waals surface area (Å²) in [7, 11) is 4.17. The Labute approximate surface area is 120 Å². The molecular weight excluding hydrogens is 254 g/mol. The first-order valence-electron chi connectivity index (χ1n) is 7.32. The van der Waals surface area contributed by atoms with Gasteiger partial charge in [-0.25, -0.2) is 4.98 Å². The molecule has 1 amide bonds. The number of amides is 1. The molecule has 0 unspecified atom stereocenters. The molecule has 0 bridgehead atoms. The highest BCUT2D eigenvalue weighted by Gasteiger charge is 2.36. The van der Waals surface area contributed by atoms with Crippen LogP contribution in [-0.2, 0) is 0 Å². The van der Waals surface area contributed by atoms with Crippen LogP contribution < -0.4 is 5.32 Å². The molecule has 1 saturated carbocycles. The Kier molecular flexibility index (Phi) is 4.42. The molecule has 112 valence electrons. The summed E-state index contributed by atoms with van der Waals surface area (Å²) in [5, 5.41) is 9.79. The van der Waals surface area contributed by atoms with Gasteiger partial charge in [-0.15, -0.1) is 5.10 Å². The highest BCUT2D eigenvalue weighted by Crippen LogP contribution is 2.33. The molecule has 1 aliphatic rings. The highest BCUT2D eigenvalue weighted by molar-refractivity contribution is 5.90. The van der Waals surface area contributed by atoms with Crippen molar-refractivity contribution >= 4 is 5.91 Å². The third-order valence-electron chi connectivity index (χ3n) is 4.31. The Morgan fingerprint density at radius 2 is 2.05 bits per heavy atom. The summed E-state index contributed by atoms with van der Waals surface area (Å²) in [4.78, 5) is 18.6. The number of hydrogen-bond acceptors (Lipinski definition) is 4. The molecule has 1 heterocycles. The zero-order valence-corrected chi connectivity index (χ0v) is 12.9. The number of nitrogens with zero attached hydrogens (tertiary/aromatic N) is 3. The zero-order valence-electron chi connectivity index (χ0n) is 12.9. The van der Waals surface area contributed by atoms with Gasteiger partial charge in [0.15, 0.2) is 0 Å². The van der Waals surface area contributed by atoms with E-state index in [1.165, 1.54) is 12.8 Å². The van der Waals surface area contributed by atoms with E-state index in [1.54, 1.807) is 0 Å². The molecule has 0 atom stereocenters. The Morgan fingerprint density at radius 3 is 2.55 bits per heavy atom. The molecule has 0 saturated heterocycles. The number of carbonyl (C=O) groups is 1. The lowest BCUT2D eigenvalue weighted by Gasteiger charge is -2.36. The van der Waals surface area contributed by atoms with Crippen molar-refractivity contribution in [3.63, 3.8) is 0 Å². The first kappa shape index (κ1) is 15.0. The molecule has 0 spiro atoms. The van der Waals surface area contributed by atoms with Crippen LogP contribution in [0.25, 0.3) is 0 Å². The second-order valence-corrected chi connectivity index (χ2v) is 6.21. The average Bonchev–Trinajstić information content (AvgIpc) is 3.06. The fourth-order valence-electron chi connectivity index (χ4n) is 2.77. The molecule has 1 aliphatic carbocycles. The smallest absolute Gasteiger partial charge is 0.291 e. The number of hydrogen-bond donors (Lipinski definition) is 2. The number of nitrogens with one attached hydrogen (secondary N) is 2. The highest BCUT2D eigenvalue weighted by atomic mass is 16.2. The lowest BCUT2D eigenvalue weighted by molar-refractivity contribution is 0.0890. The van der Waals surface area contributed by atoms with Gasteiger partial charge in [-0.1, -0.05) is 26.7 Å². The summed E-state index contributed by atoms with van der Waals surface area (Å²) in [6.45, 7) is 4.69. The molecule has 0 aliphatic heterocycles. The topological polar surface area (TPSA) is 73.9 Å². The lowest BCUT2D eigenvalue weighted by atomic mass is 9.96. The van der Waals surface area contributed by atoms with Crippen molar-refractivity contribution in [1.82, 2.24) is 25.4 Å². The lowest BCUT2D eigenvalue weighted by Crippen LogP contribution is -2.50. The number of aromatic nitrogens is 3. The van der Waals surface area contributed by atoms with Crippen molar-refractivity contribution in [1.29, 1.82) is 0 Å². The first-order valence-corrected chi connectivity index (χ1v) is 7.32. The van der Waals surface area contributed by atoms with Crippen LogP contribution >= 0.6 is 0 Å². The van der Waals surface area contributed by atoms with Crippen LogP contribution in [-0.4, -0.2) is 52.2 Å². The Morgan fingerprint density at radius 1 is 1.40 bits per heavy atom. The zero-order chi connectivity index (χ0) is 14.8. The van der Waals surface area contributed by atoms with Gasteiger partial charge in [-0.3, -0.25) is 9.89 Å². The molecule has 2 rings (SSSR count). The standard InChI is InChI=1S/C14H25N5O/c1-10(2)11-16-12(18-17-11)13(20)15-9-14(19(3)4)7-5-6-8-14/h10H,5-9H2,1-4H3,(H,15,20)(H,16,17,18). The van der Waals surface area contributed by atoms with Gasteiger partial charge in [-0.05, 0) is 26.9 Å². The van der Waals surface area contributed by atoms with Crippen LogP contribution in [0.4, 0.5) is 0 Å². The fourth-order valence-corrected chi connectivity index (χ4v) is 2.77. The third-order valence-corrected chi connectivity index (χ3v) is 4.31. The third kappa shape index (κ3) is 3.00. The van der Waals surface area contributed by atoms with E-state index in [9.17, 15) is 4.79 Å². The molecular formula is C14H25N5O. The van der Waals surface area contributed by atoms with Gasteiger partial charge in [0.25, 0.3) is 5.91 Å². The molecule has 2 N–H and O–H groups in total. The molecule has 0 aromatic carbocycles. The normalized spacial score (nSPS) is 17.9. The maximum atomic E-state index is 12.1. The Hall–Kier alpha value is -1.43. The molecule has 20 heavy (non-hydrogen) atoms. The number of likely N-dealkylation sites (N-methyl/N-ethyl adjacent to an activating group) is 1. The van der Waals surface area contributed by atoms with E-state index in [1.807, 2.05) is 13.8 Å². The van der Waals surface area contributed by atoms with Crippen molar-refractivity contribution in [3.05, 3.63) is 11.6 Å². The maximum absolute atomic E-state index is 12.1. The molecule has 6 nitrogen and oxygen atoms in total. The molecule has 1 fully saturated rings. The largest absolute Gasteiger partial charge is 0.347 e. The van der Waals surface area contributed by atoms with Crippen LogP contribution in [0.15, 0.2) is 0 Å². The first-order chi connectivity index (χ1) is 9.44. The molecule has 1 aromatic heterocycles. The van der Waals surface area contributed by atoms with Crippen molar-refractivity contribution in [2.24, 2.45) is 0 Å². The van der Waals surface area contributed by atoms with E-state index < -0.39 is 0 Å². The minimum absolute atomic E-state index is 0.0901. The number of H-pyrrole nitrogens is 1. The monoisotopic (exact) mass is 279 g/mol. The van der Waals surface area contributed by atoms with Crippen LogP contribution in [0.2, 0.25) is 0 Å². The van der Waals surface area contributed by atoms with Gasteiger partial charge in [0, 0.05) is 18.0 Å². The Balaban J connectivity index is 1.97. The van der Waals surface area contributed by atoms with Gasteiger partial charge < -0.3 is 10.2 Å². The number of carbonyl (C=O) groups excluding carboxylic acids is 1. The van der Waals surface area contributed by atoms with Crippen molar-refractivity contribution in [2.45, 2.75) is 51.0 Å². The predicted molar refractivity (Wildman–Crippen MR) is 77.7 cm³/mol. The SMILES string of the molecule is CC(C)c1nc(C(=O)NCC2(N(C)C)CCCC2)n[nH]1. The van der Waals surface area contributed by atoms with Crippen LogP contribution in [0.5, 0.6) is 0 Å². The van der Waals surface area contributed by atoms with Crippen LogP contribution in [0.3, 0.4) is 0 Å². The Bertz CT molecular complexity index is 460. The summed E-state index contributed by atoms with van der Waals surface area (Å²) in [5.41, 5.74) is 0.0901. The van der Waals surface area contributed by atoms with Gasteiger partial charge in [0.2, 0.25) is 5.82 Å². The second kappa shape index (κ2) is 5.91. The minimum atomic E-state index is -0.193. The van der Waals surface area contributed by atoms with Gasteiger partial charge >= 0.3 is 0 Å². The van der Waals surface area contributed by atoms with Crippen LogP contribution in [0.1, 0.15) is 61.9 Å². The van der Waals surface area contributed by atoms with E-state index in [0.717, 1.165) is 18.7 Å². The van der Waals surface area contributed by atoms with Gasteiger partial charge in [0.05, 0.1) is 0 Å². The van der Waals surface area contributed by atoms with Crippen molar-refractivity contribution in [3.8, 4) is 0 Å². The summed E-state index contributed by atoms with van der Waals surface area (Å²) in [6.07, 6.45) is 4.72. The number of rotatable bonds is 5. The molecule has 1 aromatic rings. The summed E-state index contributed by atoms with van der Waals surface area (Å²) < 4.78 is 0. The van der Waals surface area contributed by atoms with Gasteiger partial charge in [-0.2, -0.15) is 0 Å². The quantitative estimate of drug-likeness (QED) is 0.857. The van der Waals surface area contributed by atoms with E-state index in [4.69, 9.17) is 0 Å². The van der Waals surface area contributed by atoms with Crippen molar-refractivity contribution < 1.29 is 4.79 Å². The summed E-state index contributed by atoms with van der Waals surface area (Å²) in [5.74, 6) is 1.03. The van der Waals surface area contributed by atoms with E-state index in [2.05, 4.69) is 39.5 Å². The fraction of sp³-hybridized carbons (Fsp3) is 0.786. The number of aromatic amines is 1. The van der Waals surface area contributed by atoms with E-state index in [0.29, 0.717) is 6.54 Å². The molecule has 6 heteroatoms. The van der Waals surface area contributed by atoms with E-state index >= 15 is 0 Å².